The third-order valence-corrected chi connectivity index (χ3v) is 2.09. The van der Waals surface area contributed by atoms with Gasteiger partial charge in [0.2, 0.25) is 0 Å². The van der Waals surface area contributed by atoms with Crippen LogP contribution in [0.15, 0.2) is 12.1 Å². The zero-order chi connectivity index (χ0) is 10.0. The fraction of sp³-hybridized carbons (Fsp3) is 0.222. The van der Waals surface area contributed by atoms with E-state index in [1.54, 1.807) is 12.1 Å². The molecule has 1 rings (SSSR count). The summed E-state index contributed by atoms with van der Waals surface area (Å²) in [6, 6.07) is 3.18. The molecule has 0 radical (unpaired) electrons. The van der Waals surface area contributed by atoms with Gasteiger partial charge in [0.05, 0.1) is 17.8 Å². The molecule has 4 heteroatoms. The van der Waals surface area contributed by atoms with E-state index in [-0.39, 0.29) is 10.8 Å². The Morgan fingerprint density at radius 1 is 1.54 bits per heavy atom. The van der Waals surface area contributed by atoms with Crippen LogP contribution in [-0.2, 0) is 0 Å². The van der Waals surface area contributed by atoms with Crippen molar-refractivity contribution >= 4 is 23.1 Å². The van der Waals surface area contributed by atoms with Crippen LogP contribution < -0.4 is 10.5 Å². The number of benzene rings is 1. The fourth-order valence-corrected chi connectivity index (χ4v) is 1.43. The molecule has 0 atom stereocenters. The van der Waals surface area contributed by atoms with Gasteiger partial charge in [-0.2, -0.15) is 0 Å². The van der Waals surface area contributed by atoms with Crippen molar-refractivity contribution in [2.24, 2.45) is 0 Å². The summed E-state index contributed by atoms with van der Waals surface area (Å²) in [4.78, 5) is 11.1. The van der Waals surface area contributed by atoms with Crippen molar-refractivity contribution in [3.8, 4) is 5.75 Å². The molecule has 3 nitrogen and oxygen atoms in total. The smallest absolute Gasteiger partial charge is 0.161 e. The highest BCUT2D eigenvalue weighted by Gasteiger charge is 2.12. The van der Waals surface area contributed by atoms with E-state index in [0.29, 0.717) is 17.0 Å². The minimum atomic E-state index is -0.108. The van der Waals surface area contributed by atoms with E-state index >= 15 is 0 Å². The van der Waals surface area contributed by atoms with Gasteiger partial charge in [0, 0.05) is 5.56 Å². The molecule has 1 aromatic rings. The van der Waals surface area contributed by atoms with E-state index in [1.165, 1.54) is 14.0 Å². The number of rotatable bonds is 2. The van der Waals surface area contributed by atoms with Crippen LogP contribution in [0.25, 0.3) is 0 Å². The van der Waals surface area contributed by atoms with E-state index in [2.05, 4.69) is 0 Å². The maximum Gasteiger partial charge on any atom is 0.161 e. The van der Waals surface area contributed by atoms with Crippen LogP contribution in [0.3, 0.4) is 0 Å². The van der Waals surface area contributed by atoms with Crippen molar-refractivity contribution in [2.75, 3.05) is 12.8 Å². The van der Waals surface area contributed by atoms with Gasteiger partial charge in [0.25, 0.3) is 0 Å². The van der Waals surface area contributed by atoms with E-state index < -0.39 is 0 Å². The Hall–Kier alpha value is -1.22. The van der Waals surface area contributed by atoms with Crippen LogP contribution in [0.4, 0.5) is 5.69 Å². The van der Waals surface area contributed by atoms with Crippen LogP contribution in [0.1, 0.15) is 17.3 Å². The van der Waals surface area contributed by atoms with E-state index in [9.17, 15) is 4.79 Å². The molecule has 0 fully saturated rings. The van der Waals surface area contributed by atoms with Crippen molar-refractivity contribution in [1.82, 2.24) is 0 Å². The molecule has 0 heterocycles. The number of methoxy groups -OCH3 is 1. The maximum atomic E-state index is 11.1. The number of ether oxygens (including phenoxy) is 1. The average molecular weight is 200 g/mol. The molecule has 0 spiro atoms. The Kier molecular flexibility index (Phi) is 2.78. The largest absolute Gasteiger partial charge is 0.493 e. The SMILES string of the molecule is COc1c(N)ccc(C(C)=O)c1Cl. The Bertz CT molecular complexity index is 350. The molecule has 0 aliphatic carbocycles. The Morgan fingerprint density at radius 3 is 2.62 bits per heavy atom. The zero-order valence-corrected chi connectivity index (χ0v) is 8.18. The quantitative estimate of drug-likeness (QED) is 0.587. The van der Waals surface area contributed by atoms with Gasteiger partial charge in [-0.15, -0.1) is 0 Å². The van der Waals surface area contributed by atoms with Gasteiger partial charge >= 0.3 is 0 Å². The van der Waals surface area contributed by atoms with Gasteiger partial charge in [-0.3, -0.25) is 4.79 Å². The predicted molar refractivity (Wildman–Crippen MR) is 52.4 cm³/mol. The van der Waals surface area contributed by atoms with Crippen LogP contribution in [0.2, 0.25) is 5.02 Å². The summed E-state index contributed by atoms with van der Waals surface area (Å²) in [5.41, 5.74) is 6.43. The molecule has 0 aliphatic rings. The molecule has 0 aliphatic heterocycles. The van der Waals surface area contributed by atoms with Crippen molar-refractivity contribution in [3.63, 3.8) is 0 Å². The minimum Gasteiger partial charge on any atom is -0.493 e. The summed E-state index contributed by atoms with van der Waals surface area (Å²) < 4.78 is 4.96. The zero-order valence-electron chi connectivity index (χ0n) is 7.43. The molecule has 0 aromatic heterocycles. The van der Waals surface area contributed by atoms with Crippen LogP contribution >= 0.6 is 11.6 Å². The van der Waals surface area contributed by atoms with E-state index in [1.807, 2.05) is 0 Å². The lowest BCUT2D eigenvalue weighted by Gasteiger charge is -2.08. The minimum absolute atomic E-state index is 0.108. The van der Waals surface area contributed by atoms with Gasteiger partial charge in [-0.05, 0) is 19.1 Å². The molecular weight excluding hydrogens is 190 g/mol. The number of ketones is 1. The number of nitrogen functional groups attached to an aromatic ring is 1. The van der Waals surface area contributed by atoms with Gasteiger partial charge in [-0.1, -0.05) is 11.6 Å². The van der Waals surface area contributed by atoms with E-state index in [4.69, 9.17) is 22.1 Å². The number of Topliss-reactive ketones (excluding diaryl/α,β-unsaturated/α-hetero) is 1. The first kappa shape index (κ1) is 9.86. The van der Waals surface area contributed by atoms with E-state index in [0.717, 1.165) is 0 Å². The van der Waals surface area contributed by atoms with Gasteiger partial charge in [-0.25, -0.2) is 0 Å². The van der Waals surface area contributed by atoms with Crippen LogP contribution in [0.5, 0.6) is 5.75 Å². The van der Waals surface area contributed by atoms with Crippen LogP contribution in [0, 0.1) is 0 Å². The number of hydrogen-bond donors (Lipinski definition) is 1. The number of halogens is 1. The Morgan fingerprint density at radius 2 is 2.15 bits per heavy atom. The first-order chi connectivity index (χ1) is 6.07. The maximum absolute atomic E-state index is 11.1. The molecule has 70 valence electrons. The number of carbonyl (C=O) groups is 1. The number of carbonyl (C=O) groups excluding carboxylic acids is 1. The molecule has 0 saturated heterocycles. The first-order valence-electron chi connectivity index (χ1n) is 3.70. The second-order valence-corrected chi connectivity index (χ2v) is 2.98. The molecule has 0 saturated carbocycles. The Labute approximate surface area is 81.4 Å². The summed E-state index contributed by atoms with van der Waals surface area (Å²) in [6.07, 6.45) is 0. The topological polar surface area (TPSA) is 52.3 Å². The highest BCUT2D eigenvalue weighted by atomic mass is 35.5. The molecule has 2 N–H and O–H groups in total. The van der Waals surface area contributed by atoms with Crippen molar-refractivity contribution < 1.29 is 9.53 Å². The summed E-state index contributed by atoms with van der Waals surface area (Å²) in [7, 11) is 1.46. The first-order valence-corrected chi connectivity index (χ1v) is 4.08. The number of hydrogen-bond acceptors (Lipinski definition) is 3. The third kappa shape index (κ3) is 1.75. The number of nitrogens with two attached hydrogens (primary N) is 1. The van der Waals surface area contributed by atoms with Gasteiger partial charge in [0.15, 0.2) is 11.5 Å². The monoisotopic (exact) mass is 199 g/mol. The molecule has 13 heavy (non-hydrogen) atoms. The summed E-state index contributed by atoms with van der Waals surface area (Å²) in [6.45, 7) is 1.44. The summed E-state index contributed by atoms with van der Waals surface area (Å²) in [5, 5.41) is 0.273. The lowest BCUT2D eigenvalue weighted by atomic mass is 10.1. The molecule has 0 amide bonds. The summed E-state index contributed by atoms with van der Waals surface area (Å²) in [5.74, 6) is 0.248. The molecular formula is C9H10ClNO2. The average Bonchev–Trinajstić information content (AvgIpc) is 2.04. The Balaban J connectivity index is 3.35. The fourth-order valence-electron chi connectivity index (χ4n) is 1.05. The van der Waals surface area contributed by atoms with Gasteiger partial charge in [0.1, 0.15) is 0 Å². The lowest BCUT2D eigenvalue weighted by molar-refractivity contribution is 0.101. The van der Waals surface area contributed by atoms with Crippen LogP contribution in [-0.4, -0.2) is 12.9 Å². The second-order valence-electron chi connectivity index (χ2n) is 2.61. The third-order valence-electron chi connectivity index (χ3n) is 1.71. The molecule has 1 aromatic carbocycles. The molecule has 0 unspecified atom stereocenters. The van der Waals surface area contributed by atoms with Crippen molar-refractivity contribution in [1.29, 1.82) is 0 Å². The predicted octanol–water partition coefficient (Wildman–Crippen LogP) is 2.13. The van der Waals surface area contributed by atoms with Gasteiger partial charge < -0.3 is 10.5 Å². The van der Waals surface area contributed by atoms with Crippen molar-refractivity contribution in [2.45, 2.75) is 6.92 Å². The standard InChI is InChI=1S/C9H10ClNO2/c1-5(12)6-3-4-7(11)9(13-2)8(6)10/h3-4H,11H2,1-2H3. The highest BCUT2D eigenvalue weighted by Crippen LogP contribution is 2.33. The highest BCUT2D eigenvalue weighted by molar-refractivity contribution is 6.35. The molecule has 0 bridgehead atoms. The normalized spacial score (nSPS) is 9.77. The number of anilines is 1. The van der Waals surface area contributed by atoms with Crippen molar-refractivity contribution in [3.05, 3.63) is 22.7 Å². The lowest BCUT2D eigenvalue weighted by Crippen LogP contribution is -1.99. The second kappa shape index (κ2) is 3.66. The summed E-state index contributed by atoms with van der Waals surface area (Å²) >= 11 is 5.88.